The van der Waals surface area contributed by atoms with E-state index in [-0.39, 0.29) is 5.76 Å². The fourth-order valence-electron chi connectivity index (χ4n) is 2.10. The fraction of sp³-hybridized carbons (Fsp3) is 0.455. The van der Waals surface area contributed by atoms with Crippen molar-refractivity contribution in [3.63, 3.8) is 0 Å². The van der Waals surface area contributed by atoms with Gasteiger partial charge in [-0.25, -0.2) is 4.79 Å². The highest BCUT2D eigenvalue weighted by atomic mass is 79.9. The van der Waals surface area contributed by atoms with Gasteiger partial charge in [0.15, 0.2) is 0 Å². The molecule has 0 aromatic carbocycles. The van der Waals surface area contributed by atoms with Crippen LogP contribution in [0.5, 0.6) is 0 Å². The van der Waals surface area contributed by atoms with Crippen LogP contribution in [0.3, 0.4) is 0 Å². The summed E-state index contributed by atoms with van der Waals surface area (Å²) in [5, 5.41) is 11.8. The van der Waals surface area contributed by atoms with Gasteiger partial charge in [0.05, 0.1) is 10.7 Å². The maximum absolute atomic E-state index is 11.9. The van der Waals surface area contributed by atoms with E-state index >= 15 is 0 Å². The number of carboxylic acids is 1. The molecule has 1 amide bonds. The van der Waals surface area contributed by atoms with Crippen molar-refractivity contribution >= 4 is 27.8 Å². The number of nitrogens with one attached hydrogen (secondary N) is 1. The summed E-state index contributed by atoms with van der Waals surface area (Å²) in [7, 11) is 0. The lowest BCUT2D eigenvalue weighted by molar-refractivity contribution is -0.144. The van der Waals surface area contributed by atoms with Crippen LogP contribution in [0.15, 0.2) is 21.2 Å². The lowest BCUT2D eigenvalue weighted by atomic mass is 9.98. The molecule has 0 radical (unpaired) electrons. The molecule has 6 heteroatoms. The third-order valence-electron chi connectivity index (χ3n) is 3.04. The number of rotatable bonds is 3. The first-order chi connectivity index (χ1) is 8.05. The molecule has 1 saturated carbocycles. The highest BCUT2D eigenvalue weighted by Crippen LogP contribution is 2.30. The molecule has 1 aliphatic carbocycles. The molecule has 0 saturated heterocycles. The molecule has 1 heterocycles. The van der Waals surface area contributed by atoms with Crippen LogP contribution < -0.4 is 5.32 Å². The minimum absolute atomic E-state index is 0.109. The summed E-state index contributed by atoms with van der Waals surface area (Å²) in [5.41, 5.74) is -1.14. The SMILES string of the molecule is O=C(NC1(C(=O)O)CCCC1)c1occc1Br. The largest absolute Gasteiger partial charge is 0.480 e. The molecule has 2 N–H and O–H groups in total. The van der Waals surface area contributed by atoms with Gasteiger partial charge >= 0.3 is 5.97 Å². The summed E-state index contributed by atoms with van der Waals surface area (Å²) < 4.78 is 5.53. The van der Waals surface area contributed by atoms with Crippen molar-refractivity contribution in [3.8, 4) is 0 Å². The van der Waals surface area contributed by atoms with E-state index in [2.05, 4.69) is 21.2 Å². The van der Waals surface area contributed by atoms with Gasteiger partial charge in [0.1, 0.15) is 5.54 Å². The summed E-state index contributed by atoms with van der Waals surface area (Å²) in [6.07, 6.45) is 3.93. The first-order valence-corrected chi connectivity index (χ1v) is 6.13. The minimum atomic E-state index is -1.14. The number of amides is 1. The quantitative estimate of drug-likeness (QED) is 0.897. The summed E-state index contributed by atoms with van der Waals surface area (Å²) in [6.45, 7) is 0. The maximum atomic E-state index is 11.9. The lowest BCUT2D eigenvalue weighted by Crippen LogP contribution is -2.52. The summed E-state index contributed by atoms with van der Waals surface area (Å²) in [4.78, 5) is 23.2. The van der Waals surface area contributed by atoms with E-state index in [1.54, 1.807) is 6.07 Å². The Morgan fingerprint density at radius 3 is 2.53 bits per heavy atom. The molecule has 0 atom stereocenters. The summed E-state index contributed by atoms with van der Waals surface area (Å²) in [6, 6.07) is 1.59. The minimum Gasteiger partial charge on any atom is -0.480 e. The number of carboxylic acid groups (broad SMARTS) is 1. The average Bonchev–Trinajstić information content (AvgIpc) is 2.87. The molecule has 0 spiro atoms. The van der Waals surface area contributed by atoms with E-state index in [1.165, 1.54) is 6.26 Å². The van der Waals surface area contributed by atoms with Gasteiger partial charge in [-0.05, 0) is 34.8 Å². The molecule has 5 nitrogen and oxygen atoms in total. The lowest BCUT2D eigenvalue weighted by Gasteiger charge is -2.24. The molecular weight excluding hydrogens is 290 g/mol. The number of halogens is 1. The molecule has 1 fully saturated rings. The Balaban J connectivity index is 2.17. The zero-order chi connectivity index (χ0) is 12.5. The van der Waals surface area contributed by atoms with Gasteiger partial charge in [-0.15, -0.1) is 0 Å². The second-order valence-electron chi connectivity index (χ2n) is 4.15. The van der Waals surface area contributed by atoms with E-state index in [4.69, 9.17) is 4.42 Å². The van der Waals surface area contributed by atoms with Gasteiger partial charge < -0.3 is 14.8 Å². The second-order valence-corrected chi connectivity index (χ2v) is 5.00. The van der Waals surface area contributed by atoms with E-state index in [9.17, 15) is 14.7 Å². The predicted octanol–water partition coefficient (Wildman–Crippen LogP) is 2.17. The number of hydrogen-bond donors (Lipinski definition) is 2. The molecule has 0 bridgehead atoms. The van der Waals surface area contributed by atoms with E-state index in [1.807, 2.05) is 0 Å². The Labute approximate surface area is 106 Å². The van der Waals surface area contributed by atoms with Crippen molar-refractivity contribution in [2.24, 2.45) is 0 Å². The van der Waals surface area contributed by atoms with Crippen LogP contribution in [-0.2, 0) is 4.79 Å². The Morgan fingerprint density at radius 1 is 1.41 bits per heavy atom. The Bertz CT molecular complexity index is 448. The van der Waals surface area contributed by atoms with Gasteiger partial charge in [0.2, 0.25) is 5.76 Å². The number of furan rings is 1. The molecule has 92 valence electrons. The van der Waals surface area contributed by atoms with E-state index in [0.717, 1.165) is 12.8 Å². The molecule has 0 unspecified atom stereocenters. The Morgan fingerprint density at radius 2 is 2.06 bits per heavy atom. The Hall–Kier alpha value is -1.30. The van der Waals surface area contributed by atoms with Crippen molar-refractivity contribution in [2.45, 2.75) is 31.2 Å². The van der Waals surface area contributed by atoms with Gasteiger partial charge in [0.25, 0.3) is 5.91 Å². The highest BCUT2D eigenvalue weighted by Gasteiger charge is 2.43. The van der Waals surface area contributed by atoms with Crippen LogP contribution in [0.1, 0.15) is 36.2 Å². The number of hydrogen-bond acceptors (Lipinski definition) is 3. The zero-order valence-corrected chi connectivity index (χ0v) is 10.6. The molecule has 0 aliphatic heterocycles. The number of carbonyl (C=O) groups excluding carboxylic acids is 1. The molecule has 2 rings (SSSR count). The van der Waals surface area contributed by atoms with Crippen molar-refractivity contribution in [1.82, 2.24) is 5.32 Å². The molecule has 1 aromatic heterocycles. The molecule has 1 aliphatic rings. The first kappa shape index (κ1) is 12.2. The van der Waals surface area contributed by atoms with Crippen LogP contribution in [0, 0.1) is 0 Å². The summed E-state index contributed by atoms with van der Waals surface area (Å²) >= 11 is 3.17. The second kappa shape index (κ2) is 4.52. The summed E-state index contributed by atoms with van der Waals surface area (Å²) in [5.74, 6) is -1.37. The normalized spacial score (nSPS) is 17.9. The molecule has 1 aromatic rings. The van der Waals surface area contributed by atoms with Crippen LogP contribution in [0.4, 0.5) is 0 Å². The van der Waals surface area contributed by atoms with E-state index in [0.29, 0.717) is 17.3 Å². The maximum Gasteiger partial charge on any atom is 0.329 e. The average molecular weight is 302 g/mol. The van der Waals surface area contributed by atoms with Gasteiger partial charge in [-0.2, -0.15) is 0 Å². The van der Waals surface area contributed by atoms with Gasteiger partial charge in [0, 0.05) is 0 Å². The standard InChI is InChI=1S/C11H12BrNO4/c12-7-3-6-17-8(7)9(14)13-11(10(15)16)4-1-2-5-11/h3,6H,1-2,4-5H2,(H,13,14)(H,15,16). The topological polar surface area (TPSA) is 79.5 Å². The predicted molar refractivity (Wildman–Crippen MR) is 62.7 cm³/mol. The zero-order valence-electron chi connectivity index (χ0n) is 9.03. The number of aliphatic carboxylic acids is 1. The van der Waals surface area contributed by atoms with Crippen LogP contribution in [0.2, 0.25) is 0 Å². The monoisotopic (exact) mass is 301 g/mol. The highest BCUT2D eigenvalue weighted by molar-refractivity contribution is 9.10. The van der Waals surface area contributed by atoms with Crippen LogP contribution in [-0.4, -0.2) is 22.5 Å². The first-order valence-electron chi connectivity index (χ1n) is 5.34. The third-order valence-corrected chi connectivity index (χ3v) is 3.67. The smallest absolute Gasteiger partial charge is 0.329 e. The van der Waals surface area contributed by atoms with E-state index < -0.39 is 17.4 Å². The number of carbonyl (C=O) groups is 2. The van der Waals surface area contributed by atoms with Gasteiger partial charge in [-0.3, -0.25) is 4.79 Å². The molecule has 17 heavy (non-hydrogen) atoms. The van der Waals surface area contributed by atoms with Crippen molar-refractivity contribution < 1.29 is 19.1 Å². The molecular formula is C11H12BrNO4. The van der Waals surface area contributed by atoms with Crippen molar-refractivity contribution in [2.75, 3.05) is 0 Å². The Kier molecular flexibility index (Phi) is 3.24. The third kappa shape index (κ3) is 2.22. The van der Waals surface area contributed by atoms with Crippen molar-refractivity contribution in [3.05, 3.63) is 22.6 Å². The van der Waals surface area contributed by atoms with Crippen LogP contribution in [0.25, 0.3) is 0 Å². The van der Waals surface area contributed by atoms with Crippen LogP contribution >= 0.6 is 15.9 Å². The van der Waals surface area contributed by atoms with Gasteiger partial charge in [-0.1, -0.05) is 12.8 Å². The van der Waals surface area contributed by atoms with Crippen molar-refractivity contribution in [1.29, 1.82) is 0 Å². The fourth-order valence-corrected chi connectivity index (χ4v) is 2.48.